The summed E-state index contributed by atoms with van der Waals surface area (Å²) >= 11 is 0. The first-order valence-electron chi connectivity index (χ1n) is 12.3. The molecule has 0 unspecified atom stereocenters. The zero-order valence-electron chi connectivity index (χ0n) is 20.2. The summed E-state index contributed by atoms with van der Waals surface area (Å²) in [6.07, 6.45) is 7.07. The topological polar surface area (TPSA) is 90.7 Å². The molecule has 2 heterocycles. The number of benzene rings is 1. The number of carbonyl (C=O) groups excluding carboxylic acids is 1. The molecule has 1 aliphatic heterocycles. The van der Waals surface area contributed by atoms with E-state index in [2.05, 4.69) is 4.98 Å². The summed E-state index contributed by atoms with van der Waals surface area (Å²) in [6.45, 7) is 2.07. The van der Waals surface area contributed by atoms with Crippen LogP contribution >= 0.6 is 0 Å². The number of sulfone groups is 1. The summed E-state index contributed by atoms with van der Waals surface area (Å²) in [5.41, 5.74) is 1.14. The van der Waals surface area contributed by atoms with E-state index in [-0.39, 0.29) is 35.4 Å². The van der Waals surface area contributed by atoms with E-state index >= 15 is 0 Å². The fraction of sp³-hybridized carbons (Fsp3) is 0.600. The molecule has 1 aliphatic carbocycles. The molecule has 2 aromatic rings. The summed E-state index contributed by atoms with van der Waals surface area (Å²) in [5, 5.41) is -0.0488. The lowest BCUT2D eigenvalue weighted by Gasteiger charge is -2.26. The molecule has 8 nitrogen and oxygen atoms in total. The van der Waals surface area contributed by atoms with E-state index in [1.165, 1.54) is 24.3 Å². The fourth-order valence-electron chi connectivity index (χ4n) is 4.91. The van der Waals surface area contributed by atoms with Crippen molar-refractivity contribution in [2.75, 3.05) is 26.9 Å². The zero-order chi connectivity index (χ0) is 24.8. The molecular weight excluding hydrogens is 473 g/mol. The van der Waals surface area contributed by atoms with Crippen molar-refractivity contribution in [2.24, 2.45) is 5.92 Å². The average Bonchev–Trinajstić information content (AvgIpc) is 3.61. The first-order valence-corrected chi connectivity index (χ1v) is 13.9. The molecule has 1 saturated heterocycles. The number of halogens is 1. The highest BCUT2D eigenvalue weighted by molar-refractivity contribution is 7.90. The minimum Gasteiger partial charge on any atom is -0.383 e. The highest BCUT2D eigenvalue weighted by atomic mass is 32.2. The number of hydrogen-bond acceptors (Lipinski definition) is 6. The van der Waals surface area contributed by atoms with E-state index in [4.69, 9.17) is 9.47 Å². The Labute approximate surface area is 206 Å². The molecule has 2 fully saturated rings. The monoisotopic (exact) mass is 507 g/mol. The van der Waals surface area contributed by atoms with Crippen LogP contribution in [-0.2, 0) is 42.9 Å². The molecule has 4 rings (SSSR count). The largest absolute Gasteiger partial charge is 0.383 e. The van der Waals surface area contributed by atoms with Crippen LogP contribution in [0, 0.1) is 11.7 Å². The minimum atomic E-state index is -3.82. The van der Waals surface area contributed by atoms with Gasteiger partial charge in [-0.1, -0.05) is 25.0 Å². The van der Waals surface area contributed by atoms with Gasteiger partial charge in [-0.05, 0) is 43.4 Å². The zero-order valence-corrected chi connectivity index (χ0v) is 21.0. The van der Waals surface area contributed by atoms with Crippen LogP contribution < -0.4 is 0 Å². The minimum absolute atomic E-state index is 0.00284. The quantitative estimate of drug-likeness (QED) is 0.463. The Balaban J connectivity index is 1.62. The van der Waals surface area contributed by atoms with Crippen molar-refractivity contribution in [3.05, 3.63) is 47.5 Å². The molecule has 35 heavy (non-hydrogen) atoms. The van der Waals surface area contributed by atoms with Gasteiger partial charge in [-0.2, -0.15) is 0 Å². The van der Waals surface area contributed by atoms with Crippen molar-refractivity contribution in [3.8, 4) is 0 Å². The number of carbonyl (C=O) groups is 1. The Bertz CT molecular complexity index is 1090. The lowest BCUT2D eigenvalue weighted by atomic mass is 10.1. The van der Waals surface area contributed by atoms with Gasteiger partial charge in [-0.3, -0.25) is 4.79 Å². The number of aromatic nitrogens is 2. The third-order valence-electron chi connectivity index (χ3n) is 6.79. The number of rotatable bonds is 11. The summed E-state index contributed by atoms with van der Waals surface area (Å²) in [4.78, 5) is 19.3. The third-order valence-corrected chi connectivity index (χ3v) is 8.39. The second-order valence-corrected chi connectivity index (χ2v) is 11.3. The summed E-state index contributed by atoms with van der Waals surface area (Å²) in [7, 11) is -2.22. The Morgan fingerprint density at radius 1 is 1.20 bits per heavy atom. The van der Waals surface area contributed by atoms with Gasteiger partial charge in [0.25, 0.3) is 0 Å². The van der Waals surface area contributed by atoms with Gasteiger partial charge < -0.3 is 18.9 Å². The standard InChI is InChI=1S/C25H34FN3O5S/c1-33-14-12-28(24(30)20-5-2-3-6-20)16-22-15-27-25(29(22)17-23-7-4-13-34-23)35(31,32)18-19-8-10-21(26)11-9-19/h8-11,15,20,23H,2-7,12-14,16-18H2,1H3/t23-/m1/s1. The molecular formula is C25H34FN3O5S. The number of hydrogen-bond donors (Lipinski definition) is 0. The van der Waals surface area contributed by atoms with Crippen LogP contribution in [0.2, 0.25) is 0 Å². The maximum atomic E-state index is 13.4. The molecule has 192 valence electrons. The first-order chi connectivity index (χ1) is 16.9. The Kier molecular flexibility index (Phi) is 8.56. The molecule has 0 spiro atoms. The van der Waals surface area contributed by atoms with Crippen LogP contribution in [-0.4, -0.2) is 61.7 Å². The smallest absolute Gasteiger partial charge is 0.228 e. The Hall–Kier alpha value is -2.30. The van der Waals surface area contributed by atoms with Gasteiger partial charge in [-0.15, -0.1) is 0 Å². The SMILES string of the molecule is COCCN(Cc1cnc(S(=O)(=O)Cc2ccc(F)cc2)n1C[C@H]1CCCO1)C(=O)C1CCCC1. The number of imidazole rings is 1. The molecule has 0 radical (unpaired) electrons. The second kappa shape index (κ2) is 11.6. The van der Waals surface area contributed by atoms with E-state index in [0.29, 0.717) is 37.6 Å². The molecule has 0 bridgehead atoms. The van der Waals surface area contributed by atoms with Crippen LogP contribution in [0.4, 0.5) is 4.39 Å². The molecule has 1 amide bonds. The Morgan fingerprint density at radius 2 is 1.94 bits per heavy atom. The van der Waals surface area contributed by atoms with Crippen LogP contribution in [0.5, 0.6) is 0 Å². The molecule has 10 heteroatoms. The van der Waals surface area contributed by atoms with E-state index in [1.54, 1.807) is 22.8 Å². The second-order valence-electron chi connectivity index (χ2n) is 9.40. The summed E-state index contributed by atoms with van der Waals surface area (Å²) in [6, 6.07) is 5.43. The third kappa shape index (κ3) is 6.48. The molecule has 0 N–H and O–H groups in total. The van der Waals surface area contributed by atoms with E-state index in [0.717, 1.165) is 38.5 Å². The number of ether oxygens (including phenoxy) is 2. The van der Waals surface area contributed by atoms with Crippen molar-refractivity contribution in [1.29, 1.82) is 0 Å². The number of methoxy groups -OCH3 is 1. The van der Waals surface area contributed by atoms with E-state index in [9.17, 15) is 17.6 Å². The highest BCUT2D eigenvalue weighted by Crippen LogP contribution is 2.28. The number of nitrogens with zero attached hydrogens (tertiary/aromatic N) is 3. The van der Waals surface area contributed by atoms with Gasteiger partial charge in [0.15, 0.2) is 0 Å². The maximum Gasteiger partial charge on any atom is 0.228 e. The predicted molar refractivity (Wildman–Crippen MR) is 128 cm³/mol. The molecule has 1 aromatic carbocycles. The van der Waals surface area contributed by atoms with Gasteiger partial charge in [0.05, 0.1) is 43.4 Å². The van der Waals surface area contributed by atoms with Crippen LogP contribution in [0.1, 0.15) is 49.8 Å². The lowest BCUT2D eigenvalue weighted by molar-refractivity contribution is -0.136. The summed E-state index contributed by atoms with van der Waals surface area (Å²) < 4.78 is 52.8. The lowest BCUT2D eigenvalue weighted by Crippen LogP contribution is -2.38. The van der Waals surface area contributed by atoms with Crippen LogP contribution in [0.3, 0.4) is 0 Å². The van der Waals surface area contributed by atoms with E-state index in [1.807, 2.05) is 0 Å². The van der Waals surface area contributed by atoms with Gasteiger partial charge >= 0.3 is 0 Å². The molecule has 1 aromatic heterocycles. The Morgan fingerprint density at radius 3 is 2.60 bits per heavy atom. The van der Waals surface area contributed by atoms with Crippen LogP contribution in [0.15, 0.2) is 35.6 Å². The molecule has 2 aliphatic rings. The van der Waals surface area contributed by atoms with Crippen molar-refractivity contribution in [3.63, 3.8) is 0 Å². The van der Waals surface area contributed by atoms with E-state index < -0.39 is 15.7 Å². The van der Waals surface area contributed by atoms with Gasteiger partial charge in [0, 0.05) is 26.2 Å². The van der Waals surface area contributed by atoms with Crippen molar-refractivity contribution < 1.29 is 27.1 Å². The highest BCUT2D eigenvalue weighted by Gasteiger charge is 2.31. The number of amides is 1. The average molecular weight is 508 g/mol. The normalized spacial score (nSPS) is 18.9. The maximum absolute atomic E-state index is 13.4. The predicted octanol–water partition coefficient (Wildman–Crippen LogP) is 3.34. The van der Waals surface area contributed by atoms with Crippen molar-refractivity contribution in [2.45, 2.75) is 68.6 Å². The van der Waals surface area contributed by atoms with Gasteiger partial charge in [-0.25, -0.2) is 17.8 Å². The van der Waals surface area contributed by atoms with Gasteiger partial charge in [0.1, 0.15) is 5.82 Å². The fourth-order valence-corrected chi connectivity index (χ4v) is 6.41. The molecule has 1 saturated carbocycles. The van der Waals surface area contributed by atoms with Gasteiger partial charge in [0.2, 0.25) is 20.9 Å². The first kappa shape index (κ1) is 25.8. The van der Waals surface area contributed by atoms with Crippen molar-refractivity contribution in [1.82, 2.24) is 14.5 Å². The summed E-state index contributed by atoms with van der Waals surface area (Å²) in [5.74, 6) is -0.622. The van der Waals surface area contributed by atoms with Crippen LogP contribution in [0.25, 0.3) is 0 Å². The van der Waals surface area contributed by atoms with Crippen molar-refractivity contribution >= 4 is 15.7 Å². The molecule has 1 atom stereocenters.